The number of hydrogen-bond acceptors (Lipinski definition) is 2. The van der Waals surface area contributed by atoms with Crippen LogP contribution in [-0.2, 0) is 0 Å². The number of rotatable bonds is 3. The summed E-state index contributed by atoms with van der Waals surface area (Å²) in [7, 11) is 0. The number of carboxylic acids is 1. The molecule has 1 aromatic heterocycles. The highest BCUT2D eigenvalue weighted by Gasteiger charge is 2.25. The van der Waals surface area contributed by atoms with Crippen LogP contribution >= 0.6 is 11.6 Å². The van der Waals surface area contributed by atoms with Crippen molar-refractivity contribution >= 4 is 28.5 Å². The second-order valence-electron chi connectivity index (χ2n) is 5.12. The molecule has 0 fully saturated rings. The molecule has 0 aliphatic heterocycles. The van der Waals surface area contributed by atoms with Gasteiger partial charge in [0.05, 0.1) is 10.9 Å². The zero-order valence-corrected chi connectivity index (χ0v) is 12.6. The molecule has 0 radical (unpaired) electrons. The number of carbonyl (C=O) groups is 1. The van der Waals surface area contributed by atoms with Gasteiger partial charge in [-0.3, -0.25) is 0 Å². The molecule has 3 N–H and O–H groups in total. The number of aromatic carboxylic acids is 1. The molecule has 3 rings (SSSR count). The van der Waals surface area contributed by atoms with E-state index in [-0.39, 0.29) is 11.3 Å². The molecule has 0 amide bonds. The first kappa shape index (κ1) is 14.5. The minimum Gasteiger partial charge on any atom is -0.508 e. The molecule has 22 heavy (non-hydrogen) atoms. The molecule has 4 nitrogen and oxygen atoms in total. The number of H-pyrrole nitrogens is 1. The molecule has 0 bridgehead atoms. The number of alkyl halides is 1. The van der Waals surface area contributed by atoms with Gasteiger partial charge in [0, 0.05) is 22.2 Å². The average molecular weight is 316 g/mol. The van der Waals surface area contributed by atoms with Crippen molar-refractivity contribution in [3.05, 3.63) is 64.8 Å². The number of hydrogen-bond donors (Lipinski definition) is 3. The van der Waals surface area contributed by atoms with Crippen LogP contribution in [0.25, 0.3) is 10.9 Å². The highest BCUT2D eigenvalue weighted by atomic mass is 35.5. The van der Waals surface area contributed by atoms with Gasteiger partial charge in [-0.2, -0.15) is 0 Å². The van der Waals surface area contributed by atoms with Crippen LogP contribution in [0.1, 0.15) is 32.6 Å². The summed E-state index contributed by atoms with van der Waals surface area (Å²) in [5, 5.41) is 19.6. The molecule has 5 heteroatoms. The smallest absolute Gasteiger partial charge is 0.338 e. The van der Waals surface area contributed by atoms with Crippen LogP contribution in [0.2, 0.25) is 0 Å². The van der Waals surface area contributed by atoms with Crippen molar-refractivity contribution in [1.29, 1.82) is 0 Å². The van der Waals surface area contributed by atoms with Crippen molar-refractivity contribution < 1.29 is 15.0 Å². The topological polar surface area (TPSA) is 73.3 Å². The predicted molar refractivity (Wildman–Crippen MR) is 85.8 cm³/mol. The van der Waals surface area contributed by atoms with Gasteiger partial charge in [-0.05, 0) is 24.6 Å². The number of carboxylic acid groups (broad SMARTS) is 1. The third-order valence-electron chi connectivity index (χ3n) is 3.73. The van der Waals surface area contributed by atoms with Crippen LogP contribution in [-0.4, -0.2) is 21.2 Å². The maximum atomic E-state index is 11.6. The Morgan fingerprint density at radius 3 is 2.50 bits per heavy atom. The summed E-state index contributed by atoms with van der Waals surface area (Å²) in [5.74, 6) is -1.06. The standard InChI is InChI=1S/C17H14ClNO3/c1-9-13(17(21)22)14-11(19-9)7-8-12(20)15(14)16(18)10-5-3-2-4-6-10/h2-8,16,19-20H,1H3,(H,21,22). The van der Waals surface area contributed by atoms with Gasteiger partial charge in [-0.1, -0.05) is 30.3 Å². The third kappa shape index (κ3) is 2.22. The zero-order valence-electron chi connectivity index (χ0n) is 11.8. The van der Waals surface area contributed by atoms with E-state index in [4.69, 9.17) is 11.6 Å². The minimum absolute atomic E-state index is 0.0159. The SMILES string of the molecule is Cc1[nH]c2ccc(O)c(C(Cl)c3ccccc3)c2c1C(=O)O. The fourth-order valence-corrected chi connectivity index (χ4v) is 3.11. The Kier molecular flexibility index (Phi) is 3.54. The first-order chi connectivity index (χ1) is 10.5. The Labute approximate surface area is 132 Å². The van der Waals surface area contributed by atoms with Crippen LogP contribution < -0.4 is 0 Å². The van der Waals surface area contributed by atoms with Crippen molar-refractivity contribution in [2.45, 2.75) is 12.3 Å². The van der Waals surface area contributed by atoms with E-state index >= 15 is 0 Å². The monoisotopic (exact) mass is 315 g/mol. The van der Waals surface area contributed by atoms with Crippen molar-refractivity contribution in [1.82, 2.24) is 4.98 Å². The first-order valence-electron chi connectivity index (χ1n) is 6.77. The number of phenolic OH excluding ortho intramolecular Hbond substituents is 1. The lowest BCUT2D eigenvalue weighted by Crippen LogP contribution is -2.01. The summed E-state index contributed by atoms with van der Waals surface area (Å²) in [6.07, 6.45) is 0. The molecule has 1 unspecified atom stereocenters. The van der Waals surface area contributed by atoms with E-state index in [2.05, 4.69) is 4.98 Å². The summed E-state index contributed by atoms with van der Waals surface area (Å²) in [6, 6.07) is 12.4. The Morgan fingerprint density at radius 1 is 1.18 bits per heavy atom. The van der Waals surface area contributed by atoms with Crippen LogP contribution in [0.15, 0.2) is 42.5 Å². The molecule has 0 aliphatic rings. The van der Waals surface area contributed by atoms with Gasteiger partial charge < -0.3 is 15.2 Å². The fourth-order valence-electron chi connectivity index (χ4n) is 2.75. The molecule has 0 spiro atoms. The highest BCUT2D eigenvalue weighted by Crippen LogP contribution is 2.41. The Balaban J connectivity index is 2.33. The number of aromatic nitrogens is 1. The molecular weight excluding hydrogens is 302 g/mol. The van der Waals surface area contributed by atoms with Gasteiger partial charge in [0.1, 0.15) is 5.75 Å². The van der Waals surface area contributed by atoms with E-state index in [1.807, 2.05) is 30.3 Å². The van der Waals surface area contributed by atoms with Crippen LogP contribution in [0.4, 0.5) is 0 Å². The Hall–Kier alpha value is -2.46. The summed E-state index contributed by atoms with van der Waals surface area (Å²) in [5.41, 5.74) is 2.52. The van der Waals surface area contributed by atoms with Gasteiger partial charge in [-0.15, -0.1) is 11.6 Å². The van der Waals surface area contributed by atoms with Gasteiger partial charge in [0.15, 0.2) is 0 Å². The van der Waals surface area contributed by atoms with E-state index in [9.17, 15) is 15.0 Å². The Morgan fingerprint density at radius 2 is 1.86 bits per heavy atom. The van der Waals surface area contributed by atoms with E-state index < -0.39 is 11.3 Å². The van der Waals surface area contributed by atoms with Crippen LogP contribution in [0.3, 0.4) is 0 Å². The van der Waals surface area contributed by atoms with Gasteiger partial charge >= 0.3 is 5.97 Å². The molecule has 1 heterocycles. The van der Waals surface area contributed by atoms with E-state index in [0.717, 1.165) is 5.56 Å². The summed E-state index contributed by atoms with van der Waals surface area (Å²) in [4.78, 5) is 14.6. The quantitative estimate of drug-likeness (QED) is 0.634. The maximum Gasteiger partial charge on any atom is 0.338 e. The van der Waals surface area contributed by atoms with E-state index in [1.54, 1.807) is 13.0 Å². The minimum atomic E-state index is -1.05. The van der Waals surface area contributed by atoms with Crippen molar-refractivity contribution in [2.75, 3.05) is 0 Å². The van der Waals surface area contributed by atoms with Crippen molar-refractivity contribution in [3.63, 3.8) is 0 Å². The molecule has 0 aliphatic carbocycles. The van der Waals surface area contributed by atoms with Crippen LogP contribution in [0, 0.1) is 6.92 Å². The number of aryl methyl sites for hydroxylation is 1. The molecule has 3 aromatic rings. The summed E-state index contributed by atoms with van der Waals surface area (Å²) >= 11 is 6.53. The zero-order chi connectivity index (χ0) is 15.9. The highest BCUT2D eigenvalue weighted by molar-refractivity contribution is 6.24. The van der Waals surface area contributed by atoms with Crippen LogP contribution in [0.5, 0.6) is 5.75 Å². The number of aromatic amines is 1. The Bertz CT molecular complexity index is 855. The summed E-state index contributed by atoms with van der Waals surface area (Å²) in [6.45, 7) is 1.69. The molecular formula is C17H14ClNO3. The summed E-state index contributed by atoms with van der Waals surface area (Å²) < 4.78 is 0. The number of halogens is 1. The van der Waals surface area contributed by atoms with Gasteiger partial charge in [0.2, 0.25) is 0 Å². The maximum absolute atomic E-state index is 11.6. The lowest BCUT2D eigenvalue weighted by Gasteiger charge is -2.14. The van der Waals surface area contributed by atoms with Crippen molar-refractivity contribution in [3.8, 4) is 5.75 Å². The number of phenols is 1. The molecule has 112 valence electrons. The van der Waals surface area contributed by atoms with E-state index in [0.29, 0.717) is 22.2 Å². The number of nitrogens with one attached hydrogen (secondary N) is 1. The first-order valence-corrected chi connectivity index (χ1v) is 7.20. The number of benzene rings is 2. The van der Waals surface area contributed by atoms with Crippen molar-refractivity contribution in [2.24, 2.45) is 0 Å². The largest absolute Gasteiger partial charge is 0.508 e. The predicted octanol–water partition coefficient (Wildman–Crippen LogP) is 4.21. The second kappa shape index (κ2) is 5.39. The molecule has 1 atom stereocenters. The molecule has 0 saturated heterocycles. The lowest BCUT2D eigenvalue weighted by molar-refractivity contribution is 0.0698. The number of fused-ring (bicyclic) bond motifs is 1. The second-order valence-corrected chi connectivity index (χ2v) is 5.56. The lowest BCUT2D eigenvalue weighted by atomic mass is 9.97. The average Bonchev–Trinajstić information content (AvgIpc) is 2.83. The van der Waals surface area contributed by atoms with Gasteiger partial charge in [0.25, 0.3) is 0 Å². The van der Waals surface area contributed by atoms with E-state index in [1.165, 1.54) is 6.07 Å². The van der Waals surface area contributed by atoms with Gasteiger partial charge in [-0.25, -0.2) is 4.79 Å². The normalized spacial score (nSPS) is 12.5. The fraction of sp³-hybridized carbons (Fsp3) is 0.118. The number of aromatic hydroxyl groups is 1. The molecule has 0 saturated carbocycles. The third-order valence-corrected chi connectivity index (χ3v) is 4.20. The molecule has 2 aromatic carbocycles.